The lowest BCUT2D eigenvalue weighted by molar-refractivity contribution is -0.696. The molecular weight excluding hydrogens is 348 g/mol. The Bertz CT molecular complexity index is 497. The number of piperidine rings is 1. The fraction of sp³-hybridized carbons (Fsp3) is 0.562. The number of aryl methyl sites for hydroxylation is 2. The van der Waals surface area contributed by atoms with Crippen LogP contribution in [-0.2, 0) is 20.9 Å². The summed E-state index contributed by atoms with van der Waals surface area (Å²) >= 11 is 0. The van der Waals surface area contributed by atoms with E-state index in [0.29, 0.717) is 38.9 Å². The molecule has 1 saturated heterocycles. The van der Waals surface area contributed by atoms with Gasteiger partial charge < -0.3 is 26.6 Å². The number of methoxy groups -OCH3 is 1. The Labute approximate surface area is 142 Å². The molecule has 1 aliphatic rings. The summed E-state index contributed by atoms with van der Waals surface area (Å²) in [6.45, 7) is 4.03. The maximum Gasteiger partial charge on any atom is 0.308 e. The number of hydrogen-bond acceptors (Lipinski definition) is 3. The van der Waals surface area contributed by atoms with E-state index in [-0.39, 0.29) is 34.8 Å². The Hall–Kier alpha value is -1.43. The highest BCUT2D eigenvalue weighted by atomic mass is 79.9. The van der Waals surface area contributed by atoms with Gasteiger partial charge in [-0.25, -0.2) is 4.57 Å². The molecular formula is C16H23BrN2O3. The number of aromatic nitrogens is 1. The number of ether oxygens (including phenoxy) is 1. The summed E-state index contributed by atoms with van der Waals surface area (Å²) < 4.78 is 6.77. The standard InChI is InChI=1S/C16H23N2O3.BrH/c1-13-3-8-17(9-4-13)10-7-15(19)18-11-5-14(6-12-18)16(20)21-2;/h3-4,8-9,14H,5-7,10-12H2,1-2H3;1H/q+1;/p-1. The van der Waals surface area contributed by atoms with Gasteiger partial charge in [-0.3, -0.25) is 9.59 Å². The molecule has 0 saturated carbocycles. The maximum atomic E-state index is 12.2. The highest BCUT2D eigenvalue weighted by Crippen LogP contribution is 2.18. The van der Waals surface area contributed by atoms with Gasteiger partial charge in [0.1, 0.15) is 0 Å². The molecule has 0 unspecified atom stereocenters. The van der Waals surface area contributed by atoms with Crippen LogP contribution in [0.3, 0.4) is 0 Å². The van der Waals surface area contributed by atoms with Gasteiger partial charge in [0.2, 0.25) is 5.91 Å². The first kappa shape index (κ1) is 18.6. The van der Waals surface area contributed by atoms with Crippen LogP contribution in [0.5, 0.6) is 0 Å². The second kappa shape index (κ2) is 8.88. The predicted molar refractivity (Wildman–Crippen MR) is 77.3 cm³/mol. The molecule has 2 rings (SSSR count). The summed E-state index contributed by atoms with van der Waals surface area (Å²) in [5.41, 5.74) is 1.21. The average molecular weight is 371 g/mol. The fourth-order valence-electron chi connectivity index (χ4n) is 2.60. The number of amides is 1. The molecule has 122 valence electrons. The minimum absolute atomic E-state index is 0. The van der Waals surface area contributed by atoms with Crippen LogP contribution >= 0.6 is 0 Å². The van der Waals surface area contributed by atoms with E-state index in [0.717, 1.165) is 0 Å². The minimum Gasteiger partial charge on any atom is -1.00 e. The molecule has 22 heavy (non-hydrogen) atoms. The summed E-state index contributed by atoms with van der Waals surface area (Å²) in [5, 5.41) is 0. The monoisotopic (exact) mass is 370 g/mol. The lowest BCUT2D eigenvalue weighted by atomic mass is 9.97. The van der Waals surface area contributed by atoms with Crippen LogP contribution in [0.1, 0.15) is 24.8 Å². The molecule has 1 fully saturated rings. The molecule has 0 atom stereocenters. The lowest BCUT2D eigenvalue weighted by Crippen LogP contribution is -3.00. The van der Waals surface area contributed by atoms with Crippen molar-refractivity contribution >= 4 is 11.9 Å². The molecule has 1 amide bonds. The third-order valence-corrected chi connectivity index (χ3v) is 4.02. The van der Waals surface area contributed by atoms with Crippen LogP contribution in [-0.4, -0.2) is 37.0 Å². The van der Waals surface area contributed by atoms with Gasteiger partial charge in [0.25, 0.3) is 0 Å². The Balaban J connectivity index is 0.00000242. The van der Waals surface area contributed by atoms with E-state index in [1.54, 1.807) is 0 Å². The molecule has 0 bridgehead atoms. The first-order chi connectivity index (χ1) is 10.1. The van der Waals surface area contributed by atoms with Crippen molar-refractivity contribution in [1.82, 2.24) is 4.90 Å². The topological polar surface area (TPSA) is 50.5 Å². The van der Waals surface area contributed by atoms with Crippen molar-refractivity contribution in [1.29, 1.82) is 0 Å². The highest BCUT2D eigenvalue weighted by molar-refractivity contribution is 5.77. The zero-order valence-electron chi connectivity index (χ0n) is 13.1. The predicted octanol–water partition coefficient (Wildman–Crippen LogP) is -1.91. The molecule has 0 spiro atoms. The normalized spacial score (nSPS) is 15.1. The molecule has 2 heterocycles. The average Bonchev–Trinajstić information content (AvgIpc) is 2.53. The summed E-state index contributed by atoms with van der Waals surface area (Å²) in [4.78, 5) is 25.5. The van der Waals surface area contributed by atoms with E-state index in [1.165, 1.54) is 12.7 Å². The number of nitrogens with zero attached hydrogens (tertiary/aromatic N) is 2. The van der Waals surface area contributed by atoms with Crippen molar-refractivity contribution in [3.05, 3.63) is 30.1 Å². The van der Waals surface area contributed by atoms with Crippen molar-refractivity contribution < 1.29 is 35.9 Å². The van der Waals surface area contributed by atoms with Crippen LogP contribution in [0, 0.1) is 12.8 Å². The van der Waals surface area contributed by atoms with Crippen molar-refractivity contribution in [3.63, 3.8) is 0 Å². The summed E-state index contributed by atoms with van der Waals surface area (Å²) in [6.07, 6.45) is 5.89. The van der Waals surface area contributed by atoms with Gasteiger partial charge in [0.05, 0.1) is 19.4 Å². The van der Waals surface area contributed by atoms with Crippen molar-refractivity contribution in [2.24, 2.45) is 5.92 Å². The van der Waals surface area contributed by atoms with E-state index in [4.69, 9.17) is 4.74 Å². The molecule has 5 nitrogen and oxygen atoms in total. The molecule has 6 heteroatoms. The largest absolute Gasteiger partial charge is 1.00 e. The first-order valence-corrected chi connectivity index (χ1v) is 7.41. The minimum atomic E-state index is -0.155. The Morgan fingerprint density at radius 1 is 1.27 bits per heavy atom. The van der Waals surface area contributed by atoms with Crippen LogP contribution in [0.2, 0.25) is 0 Å². The van der Waals surface area contributed by atoms with E-state index in [1.807, 2.05) is 40.9 Å². The number of carbonyl (C=O) groups is 2. The first-order valence-electron chi connectivity index (χ1n) is 7.41. The number of esters is 1. The number of carbonyl (C=O) groups excluding carboxylic acids is 2. The van der Waals surface area contributed by atoms with E-state index in [2.05, 4.69) is 0 Å². The molecule has 0 radical (unpaired) electrons. The zero-order valence-corrected chi connectivity index (χ0v) is 14.7. The Morgan fingerprint density at radius 2 is 1.86 bits per heavy atom. The number of likely N-dealkylation sites (tertiary alicyclic amines) is 1. The molecule has 1 aromatic heterocycles. The van der Waals surface area contributed by atoms with Gasteiger partial charge >= 0.3 is 5.97 Å². The Kier molecular flexibility index (Phi) is 7.51. The zero-order chi connectivity index (χ0) is 15.2. The van der Waals surface area contributed by atoms with Gasteiger partial charge in [-0.1, -0.05) is 0 Å². The van der Waals surface area contributed by atoms with Crippen LogP contribution in [0.15, 0.2) is 24.5 Å². The van der Waals surface area contributed by atoms with Crippen molar-refractivity contribution in [3.8, 4) is 0 Å². The van der Waals surface area contributed by atoms with Gasteiger partial charge in [-0.05, 0) is 25.3 Å². The number of hydrogen-bond donors (Lipinski definition) is 0. The second-order valence-electron chi connectivity index (χ2n) is 5.54. The van der Waals surface area contributed by atoms with E-state index >= 15 is 0 Å². The van der Waals surface area contributed by atoms with E-state index in [9.17, 15) is 9.59 Å². The third kappa shape index (κ3) is 5.09. The molecule has 1 aliphatic heterocycles. The van der Waals surface area contributed by atoms with Crippen molar-refractivity contribution in [2.45, 2.75) is 32.7 Å². The fourth-order valence-corrected chi connectivity index (χ4v) is 2.60. The number of halogens is 1. The van der Waals surface area contributed by atoms with E-state index < -0.39 is 0 Å². The van der Waals surface area contributed by atoms with Crippen molar-refractivity contribution in [2.75, 3.05) is 20.2 Å². The molecule has 0 aliphatic carbocycles. The van der Waals surface area contributed by atoms with Gasteiger partial charge in [-0.15, -0.1) is 0 Å². The van der Waals surface area contributed by atoms with Gasteiger partial charge in [0, 0.05) is 25.2 Å². The third-order valence-electron chi connectivity index (χ3n) is 4.02. The summed E-state index contributed by atoms with van der Waals surface area (Å²) in [5.74, 6) is -0.0470. The lowest BCUT2D eigenvalue weighted by Gasteiger charge is -2.30. The quantitative estimate of drug-likeness (QED) is 0.459. The number of pyridine rings is 1. The molecule has 1 aromatic rings. The second-order valence-corrected chi connectivity index (χ2v) is 5.54. The molecule has 0 N–H and O–H groups in total. The van der Waals surface area contributed by atoms with Crippen LogP contribution < -0.4 is 21.5 Å². The van der Waals surface area contributed by atoms with Crippen LogP contribution in [0.4, 0.5) is 0 Å². The van der Waals surface area contributed by atoms with Crippen LogP contribution in [0.25, 0.3) is 0 Å². The Morgan fingerprint density at radius 3 is 2.41 bits per heavy atom. The smallest absolute Gasteiger partial charge is 0.308 e. The number of rotatable bonds is 4. The maximum absolute atomic E-state index is 12.2. The molecule has 0 aromatic carbocycles. The summed E-state index contributed by atoms with van der Waals surface area (Å²) in [6, 6.07) is 4.07. The SMILES string of the molecule is COC(=O)C1CCN(C(=O)CC[n+]2ccc(C)cc2)CC1.[Br-]. The van der Waals surface area contributed by atoms with Gasteiger partial charge in [-0.2, -0.15) is 0 Å². The highest BCUT2D eigenvalue weighted by Gasteiger charge is 2.27. The van der Waals surface area contributed by atoms with Gasteiger partial charge in [0.15, 0.2) is 18.9 Å². The summed E-state index contributed by atoms with van der Waals surface area (Å²) in [7, 11) is 1.42.